The number of hydrogen-bond acceptors (Lipinski definition) is 2. The molecule has 0 saturated heterocycles. The maximum Gasteiger partial charge on any atom is 0.315 e. The molecule has 0 aliphatic heterocycles. The number of aliphatic carboxylic acids is 1. The largest absolute Gasteiger partial charge is 0.481 e. The highest BCUT2D eigenvalue weighted by molar-refractivity contribution is 5.81. The van der Waals surface area contributed by atoms with E-state index in [1.165, 1.54) is 0 Å². The Hall–Kier alpha value is -2.16. The Labute approximate surface area is 119 Å². The summed E-state index contributed by atoms with van der Waals surface area (Å²) in [6.07, 6.45) is 3.28. The highest BCUT2D eigenvalue weighted by Crippen LogP contribution is 2.29. The molecule has 0 aliphatic rings. The molecule has 1 aromatic carbocycles. The lowest BCUT2D eigenvalue weighted by Gasteiger charge is -2.18. The molecule has 0 amide bonds. The first-order valence-electron chi connectivity index (χ1n) is 6.74. The zero-order chi connectivity index (χ0) is 14.7. The van der Waals surface area contributed by atoms with Crippen LogP contribution < -0.4 is 0 Å². The minimum Gasteiger partial charge on any atom is -0.481 e. The molecule has 2 rings (SSSR count). The maximum atomic E-state index is 11.7. The van der Waals surface area contributed by atoms with E-state index < -0.39 is 11.9 Å². The van der Waals surface area contributed by atoms with Crippen molar-refractivity contribution in [1.29, 1.82) is 0 Å². The van der Waals surface area contributed by atoms with Gasteiger partial charge in [0.25, 0.3) is 0 Å². The molecule has 0 aliphatic carbocycles. The van der Waals surface area contributed by atoms with Crippen LogP contribution in [-0.4, -0.2) is 16.1 Å². The molecule has 1 atom stereocenters. The van der Waals surface area contributed by atoms with E-state index in [4.69, 9.17) is 0 Å². The number of carboxylic acid groups (broad SMARTS) is 1. The summed E-state index contributed by atoms with van der Waals surface area (Å²) in [5.74, 6) is -1.14. The third-order valence-corrected chi connectivity index (χ3v) is 3.55. The van der Waals surface area contributed by atoms with E-state index >= 15 is 0 Å². The second kappa shape index (κ2) is 5.87. The summed E-state index contributed by atoms with van der Waals surface area (Å²) in [5, 5.41) is 9.61. The molecule has 0 spiro atoms. The number of carbonyl (C=O) groups is 1. The SMILES string of the molecule is Cc1ccc(C(C)C)cc1C(C(=O)O)c1cccnc1. The van der Waals surface area contributed by atoms with Gasteiger partial charge in [-0.3, -0.25) is 9.78 Å². The van der Waals surface area contributed by atoms with Crippen LogP contribution in [0, 0.1) is 6.92 Å². The third kappa shape index (κ3) is 2.87. The third-order valence-electron chi connectivity index (χ3n) is 3.55. The molecular weight excluding hydrogens is 250 g/mol. The van der Waals surface area contributed by atoms with Crippen LogP contribution in [0.15, 0.2) is 42.7 Å². The van der Waals surface area contributed by atoms with Gasteiger partial charge in [-0.05, 0) is 41.2 Å². The first-order chi connectivity index (χ1) is 9.50. The Balaban J connectivity index is 2.55. The zero-order valence-corrected chi connectivity index (χ0v) is 12.0. The van der Waals surface area contributed by atoms with Gasteiger partial charge in [-0.15, -0.1) is 0 Å². The predicted molar refractivity (Wildman–Crippen MR) is 79.0 cm³/mol. The highest BCUT2D eigenvalue weighted by Gasteiger charge is 2.24. The second-order valence-corrected chi connectivity index (χ2v) is 5.33. The van der Waals surface area contributed by atoms with Gasteiger partial charge in [0.15, 0.2) is 0 Å². The summed E-state index contributed by atoms with van der Waals surface area (Å²) < 4.78 is 0. The van der Waals surface area contributed by atoms with Gasteiger partial charge in [0, 0.05) is 12.4 Å². The van der Waals surface area contributed by atoms with Crippen LogP contribution in [0.5, 0.6) is 0 Å². The fourth-order valence-electron chi connectivity index (χ4n) is 2.33. The molecule has 3 nitrogen and oxygen atoms in total. The van der Waals surface area contributed by atoms with E-state index in [0.29, 0.717) is 11.5 Å². The fraction of sp³-hybridized carbons (Fsp3) is 0.294. The highest BCUT2D eigenvalue weighted by atomic mass is 16.4. The van der Waals surface area contributed by atoms with E-state index in [9.17, 15) is 9.90 Å². The number of hydrogen-bond donors (Lipinski definition) is 1. The Morgan fingerprint density at radius 2 is 1.95 bits per heavy atom. The monoisotopic (exact) mass is 269 g/mol. The van der Waals surface area contributed by atoms with E-state index in [1.54, 1.807) is 18.5 Å². The summed E-state index contributed by atoms with van der Waals surface area (Å²) in [6.45, 7) is 6.16. The van der Waals surface area contributed by atoms with E-state index in [-0.39, 0.29) is 0 Å². The minimum atomic E-state index is -0.845. The standard InChI is InChI=1S/C17H19NO2/c1-11(2)13-7-6-12(3)15(9-13)16(17(19)20)14-5-4-8-18-10-14/h4-11,16H,1-3H3,(H,19,20). The average molecular weight is 269 g/mol. The minimum absolute atomic E-state index is 0.373. The van der Waals surface area contributed by atoms with Crippen molar-refractivity contribution < 1.29 is 9.90 Å². The van der Waals surface area contributed by atoms with Gasteiger partial charge in [-0.2, -0.15) is 0 Å². The molecular formula is C17H19NO2. The smallest absolute Gasteiger partial charge is 0.315 e. The lowest BCUT2D eigenvalue weighted by molar-refractivity contribution is -0.137. The number of carboxylic acids is 1. The van der Waals surface area contributed by atoms with Crippen molar-refractivity contribution in [2.24, 2.45) is 0 Å². The van der Waals surface area contributed by atoms with Crippen LogP contribution in [0.1, 0.15) is 47.9 Å². The Morgan fingerprint density at radius 3 is 2.50 bits per heavy atom. The Morgan fingerprint density at radius 1 is 1.20 bits per heavy atom. The van der Waals surface area contributed by atoms with E-state index in [0.717, 1.165) is 16.7 Å². The van der Waals surface area contributed by atoms with Crippen LogP contribution in [-0.2, 0) is 4.79 Å². The molecule has 1 heterocycles. The van der Waals surface area contributed by atoms with Crippen LogP contribution in [0.2, 0.25) is 0 Å². The molecule has 2 aromatic rings. The maximum absolute atomic E-state index is 11.7. The average Bonchev–Trinajstić information content (AvgIpc) is 2.41. The first kappa shape index (κ1) is 14.3. The van der Waals surface area contributed by atoms with Crippen molar-refractivity contribution in [2.75, 3.05) is 0 Å². The number of benzene rings is 1. The number of pyridine rings is 1. The van der Waals surface area contributed by atoms with E-state index in [1.807, 2.05) is 25.1 Å². The Bertz CT molecular complexity index is 606. The molecule has 104 valence electrons. The molecule has 0 radical (unpaired) electrons. The van der Waals surface area contributed by atoms with Gasteiger partial charge in [-0.1, -0.05) is 38.1 Å². The normalized spacial score (nSPS) is 12.4. The van der Waals surface area contributed by atoms with Gasteiger partial charge in [0.2, 0.25) is 0 Å². The molecule has 0 bridgehead atoms. The van der Waals surface area contributed by atoms with E-state index in [2.05, 4.69) is 24.9 Å². The molecule has 1 N–H and O–H groups in total. The lowest BCUT2D eigenvalue weighted by Crippen LogP contribution is -2.15. The molecule has 0 fully saturated rings. The van der Waals surface area contributed by atoms with Gasteiger partial charge >= 0.3 is 5.97 Å². The van der Waals surface area contributed by atoms with Crippen LogP contribution in [0.25, 0.3) is 0 Å². The topological polar surface area (TPSA) is 50.2 Å². The van der Waals surface area contributed by atoms with Gasteiger partial charge in [0.1, 0.15) is 5.92 Å². The molecule has 1 aromatic heterocycles. The Kier molecular flexibility index (Phi) is 4.18. The molecule has 0 saturated carbocycles. The summed E-state index contributed by atoms with van der Waals surface area (Å²) in [4.78, 5) is 15.7. The van der Waals surface area contributed by atoms with Gasteiger partial charge < -0.3 is 5.11 Å². The molecule has 1 unspecified atom stereocenters. The number of rotatable bonds is 4. The van der Waals surface area contributed by atoms with Gasteiger partial charge in [0.05, 0.1) is 0 Å². The number of aryl methyl sites for hydroxylation is 1. The first-order valence-corrected chi connectivity index (χ1v) is 6.74. The van der Waals surface area contributed by atoms with Crippen molar-refractivity contribution in [3.63, 3.8) is 0 Å². The summed E-state index contributed by atoms with van der Waals surface area (Å²) in [7, 11) is 0. The van der Waals surface area contributed by atoms with Crippen molar-refractivity contribution >= 4 is 5.97 Å². The lowest BCUT2D eigenvalue weighted by atomic mass is 9.86. The zero-order valence-electron chi connectivity index (χ0n) is 12.0. The summed E-state index contributed by atoms with van der Waals surface area (Å²) in [5.41, 5.74) is 3.70. The number of nitrogens with zero attached hydrogens (tertiary/aromatic N) is 1. The van der Waals surface area contributed by atoms with Crippen molar-refractivity contribution in [3.05, 3.63) is 65.0 Å². The van der Waals surface area contributed by atoms with Gasteiger partial charge in [-0.25, -0.2) is 0 Å². The van der Waals surface area contributed by atoms with Crippen molar-refractivity contribution in [3.8, 4) is 0 Å². The van der Waals surface area contributed by atoms with Crippen LogP contribution in [0.4, 0.5) is 0 Å². The summed E-state index contributed by atoms with van der Waals surface area (Å²) >= 11 is 0. The molecule has 3 heteroatoms. The quantitative estimate of drug-likeness (QED) is 0.920. The molecule has 20 heavy (non-hydrogen) atoms. The van der Waals surface area contributed by atoms with Crippen molar-refractivity contribution in [1.82, 2.24) is 4.98 Å². The fourth-order valence-corrected chi connectivity index (χ4v) is 2.33. The van der Waals surface area contributed by atoms with Crippen molar-refractivity contribution in [2.45, 2.75) is 32.6 Å². The van der Waals surface area contributed by atoms with Crippen LogP contribution in [0.3, 0.4) is 0 Å². The second-order valence-electron chi connectivity index (χ2n) is 5.33. The number of aromatic nitrogens is 1. The van der Waals surface area contributed by atoms with Crippen LogP contribution >= 0.6 is 0 Å². The summed E-state index contributed by atoms with van der Waals surface area (Å²) in [6, 6.07) is 9.65. The predicted octanol–water partition coefficient (Wildman–Crippen LogP) is 3.73.